The highest BCUT2D eigenvalue weighted by Crippen LogP contribution is 2.32. The summed E-state index contributed by atoms with van der Waals surface area (Å²) in [5, 5.41) is 6.52. The average molecular weight is 332 g/mol. The van der Waals surface area contributed by atoms with Crippen LogP contribution < -0.4 is 10.6 Å². The fraction of sp³-hybridized carbons (Fsp3) is 0.600. The van der Waals surface area contributed by atoms with Crippen molar-refractivity contribution in [3.8, 4) is 0 Å². The van der Waals surface area contributed by atoms with Gasteiger partial charge in [0.05, 0.1) is 0 Å². The van der Waals surface area contributed by atoms with Crippen molar-refractivity contribution in [3.05, 3.63) is 23.9 Å². The molecule has 0 saturated carbocycles. The van der Waals surface area contributed by atoms with Gasteiger partial charge in [0.25, 0.3) is 0 Å². The molecule has 2 atom stereocenters. The highest BCUT2D eigenvalue weighted by Gasteiger charge is 2.34. The Labute approximate surface area is 138 Å². The standard InChI is InChI=1S/C15H21N3O.2ClH/c1-10-3-2-4-14(16-10)18-15(19)9-11-7-12-5-6-13(8-11)17-12;;/h2-4,11-13,17H,5-9H2,1H3,(H,16,18,19);2*1H. The number of carbonyl (C=O) groups excluding carboxylic acids is 1. The summed E-state index contributed by atoms with van der Waals surface area (Å²) in [6.45, 7) is 1.93. The fourth-order valence-electron chi connectivity index (χ4n) is 3.41. The Morgan fingerprint density at radius 3 is 2.57 bits per heavy atom. The second-order valence-corrected chi connectivity index (χ2v) is 5.89. The lowest BCUT2D eigenvalue weighted by Gasteiger charge is -2.28. The number of amides is 1. The molecule has 6 heteroatoms. The maximum absolute atomic E-state index is 12.1. The van der Waals surface area contributed by atoms with Gasteiger partial charge in [0, 0.05) is 24.2 Å². The van der Waals surface area contributed by atoms with Crippen LogP contribution in [0, 0.1) is 12.8 Å². The van der Waals surface area contributed by atoms with E-state index in [1.165, 1.54) is 12.8 Å². The third-order valence-corrected chi connectivity index (χ3v) is 4.20. The molecular weight excluding hydrogens is 309 g/mol. The quantitative estimate of drug-likeness (QED) is 0.894. The zero-order valence-electron chi connectivity index (χ0n) is 12.2. The van der Waals surface area contributed by atoms with Crippen LogP contribution >= 0.6 is 24.8 Å². The Bertz CT molecular complexity index is 472. The molecule has 3 rings (SSSR count). The van der Waals surface area contributed by atoms with Crippen molar-refractivity contribution >= 4 is 36.5 Å². The second kappa shape index (κ2) is 7.97. The van der Waals surface area contributed by atoms with Gasteiger partial charge in [0.2, 0.25) is 5.91 Å². The summed E-state index contributed by atoms with van der Waals surface area (Å²) in [6, 6.07) is 6.99. The van der Waals surface area contributed by atoms with Crippen molar-refractivity contribution in [2.45, 2.75) is 51.1 Å². The van der Waals surface area contributed by atoms with Crippen LogP contribution in [0.2, 0.25) is 0 Å². The Hall–Kier alpha value is -0.840. The number of fused-ring (bicyclic) bond motifs is 2. The van der Waals surface area contributed by atoms with Gasteiger partial charge in [-0.05, 0) is 50.7 Å². The predicted molar refractivity (Wildman–Crippen MR) is 89.4 cm³/mol. The first kappa shape index (κ1) is 18.2. The van der Waals surface area contributed by atoms with Gasteiger partial charge in [-0.15, -0.1) is 24.8 Å². The Balaban J connectivity index is 0.00000110. The minimum Gasteiger partial charge on any atom is -0.311 e. The number of hydrogen-bond acceptors (Lipinski definition) is 3. The first-order valence-corrected chi connectivity index (χ1v) is 7.18. The highest BCUT2D eigenvalue weighted by molar-refractivity contribution is 5.89. The second-order valence-electron chi connectivity index (χ2n) is 5.89. The van der Waals surface area contributed by atoms with E-state index >= 15 is 0 Å². The Morgan fingerprint density at radius 1 is 1.29 bits per heavy atom. The van der Waals surface area contributed by atoms with E-state index in [0.29, 0.717) is 30.2 Å². The largest absolute Gasteiger partial charge is 0.311 e. The lowest BCUT2D eigenvalue weighted by Crippen LogP contribution is -2.39. The van der Waals surface area contributed by atoms with Crippen molar-refractivity contribution in [2.75, 3.05) is 5.32 Å². The summed E-state index contributed by atoms with van der Waals surface area (Å²) >= 11 is 0. The van der Waals surface area contributed by atoms with E-state index < -0.39 is 0 Å². The smallest absolute Gasteiger partial charge is 0.225 e. The molecule has 2 aliphatic heterocycles. The minimum absolute atomic E-state index is 0. The fourth-order valence-corrected chi connectivity index (χ4v) is 3.41. The number of nitrogens with one attached hydrogen (secondary N) is 2. The zero-order chi connectivity index (χ0) is 13.2. The Morgan fingerprint density at radius 2 is 1.95 bits per heavy atom. The zero-order valence-corrected chi connectivity index (χ0v) is 13.8. The molecule has 118 valence electrons. The minimum atomic E-state index is 0. The van der Waals surface area contributed by atoms with E-state index in [1.807, 2.05) is 25.1 Å². The van der Waals surface area contributed by atoms with Crippen LogP contribution in [0.25, 0.3) is 0 Å². The maximum Gasteiger partial charge on any atom is 0.225 e. The molecule has 2 fully saturated rings. The number of pyridine rings is 1. The monoisotopic (exact) mass is 331 g/mol. The molecule has 0 aromatic carbocycles. The van der Waals surface area contributed by atoms with Crippen LogP contribution in [-0.4, -0.2) is 23.0 Å². The summed E-state index contributed by atoms with van der Waals surface area (Å²) in [5.41, 5.74) is 0.928. The van der Waals surface area contributed by atoms with Crippen molar-refractivity contribution in [1.29, 1.82) is 0 Å². The van der Waals surface area contributed by atoms with E-state index in [9.17, 15) is 4.79 Å². The molecule has 0 radical (unpaired) electrons. The molecule has 0 aliphatic carbocycles. The number of aryl methyl sites for hydroxylation is 1. The maximum atomic E-state index is 12.1. The third kappa shape index (κ3) is 4.83. The molecule has 1 amide bonds. The van der Waals surface area contributed by atoms with Crippen LogP contribution in [0.4, 0.5) is 5.82 Å². The van der Waals surface area contributed by atoms with E-state index in [1.54, 1.807) is 0 Å². The highest BCUT2D eigenvalue weighted by atomic mass is 35.5. The van der Waals surface area contributed by atoms with Gasteiger partial charge in [-0.25, -0.2) is 4.98 Å². The molecule has 4 nitrogen and oxygen atoms in total. The topological polar surface area (TPSA) is 54.0 Å². The van der Waals surface area contributed by atoms with Crippen LogP contribution in [0.3, 0.4) is 0 Å². The SMILES string of the molecule is Cc1cccc(NC(=O)CC2CC3CCC(C2)N3)n1.Cl.Cl. The number of rotatable bonds is 3. The summed E-state index contributed by atoms with van der Waals surface area (Å²) in [4.78, 5) is 16.4. The number of hydrogen-bond donors (Lipinski definition) is 2. The van der Waals surface area contributed by atoms with E-state index in [-0.39, 0.29) is 30.7 Å². The Kier molecular flexibility index (Phi) is 6.91. The van der Waals surface area contributed by atoms with Gasteiger partial charge in [-0.3, -0.25) is 4.79 Å². The molecule has 1 aromatic rings. The van der Waals surface area contributed by atoms with Crippen molar-refractivity contribution in [2.24, 2.45) is 5.92 Å². The first-order valence-electron chi connectivity index (χ1n) is 7.18. The first-order chi connectivity index (χ1) is 9.19. The summed E-state index contributed by atoms with van der Waals surface area (Å²) < 4.78 is 0. The van der Waals surface area contributed by atoms with Gasteiger partial charge >= 0.3 is 0 Å². The van der Waals surface area contributed by atoms with Gasteiger partial charge in [-0.2, -0.15) is 0 Å². The molecule has 2 aliphatic rings. The van der Waals surface area contributed by atoms with E-state index in [0.717, 1.165) is 18.5 Å². The normalized spacial score (nSPS) is 26.4. The molecular formula is C15H23Cl2N3O. The van der Waals surface area contributed by atoms with E-state index in [4.69, 9.17) is 0 Å². The van der Waals surface area contributed by atoms with Gasteiger partial charge < -0.3 is 10.6 Å². The molecule has 2 saturated heterocycles. The number of anilines is 1. The van der Waals surface area contributed by atoms with Crippen LogP contribution in [0.15, 0.2) is 18.2 Å². The number of nitrogens with zero attached hydrogens (tertiary/aromatic N) is 1. The number of aromatic nitrogens is 1. The number of piperidine rings is 1. The predicted octanol–water partition coefficient (Wildman–Crippen LogP) is 3.09. The molecule has 3 heterocycles. The summed E-state index contributed by atoms with van der Waals surface area (Å²) in [7, 11) is 0. The molecule has 21 heavy (non-hydrogen) atoms. The summed E-state index contributed by atoms with van der Waals surface area (Å²) in [6.07, 6.45) is 5.48. The molecule has 2 bridgehead atoms. The molecule has 2 unspecified atom stereocenters. The number of halogens is 2. The van der Waals surface area contributed by atoms with Gasteiger partial charge in [-0.1, -0.05) is 6.07 Å². The molecule has 0 spiro atoms. The van der Waals surface area contributed by atoms with Gasteiger partial charge in [0.1, 0.15) is 5.82 Å². The van der Waals surface area contributed by atoms with E-state index in [2.05, 4.69) is 15.6 Å². The molecule has 2 N–H and O–H groups in total. The van der Waals surface area contributed by atoms with Gasteiger partial charge in [0.15, 0.2) is 0 Å². The lowest BCUT2D eigenvalue weighted by molar-refractivity contribution is -0.117. The summed E-state index contributed by atoms with van der Waals surface area (Å²) in [5.74, 6) is 1.30. The van der Waals surface area contributed by atoms with Crippen LogP contribution in [0.1, 0.15) is 37.8 Å². The van der Waals surface area contributed by atoms with Crippen molar-refractivity contribution in [3.63, 3.8) is 0 Å². The van der Waals surface area contributed by atoms with Crippen LogP contribution in [-0.2, 0) is 4.79 Å². The molecule has 1 aromatic heterocycles. The van der Waals surface area contributed by atoms with Crippen molar-refractivity contribution in [1.82, 2.24) is 10.3 Å². The van der Waals surface area contributed by atoms with Crippen LogP contribution in [0.5, 0.6) is 0 Å². The number of carbonyl (C=O) groups is 1. The van der Waals surface area contributed by atoms with Crippen molar-refractivity contribution < 1.29 is 4.79 Å². The third-order valence-electron chi connectivity index (χ3n) is 4.20. The average Bonchev–Trinajstić information content (AvgIpc) is 2.68. The lowest BCUT2D eigenvalue weighted by atomic mass is 9.89.